The number of hydrogen-bond acceptors (Lipinski definition) is 4. The van der Waals surface area contributed by atoms with Crippen LogP contribution in [0.2, 0.25) is 5.15 Å². The Balaban J connectivity index is 1.61. The van der Waals surface area contributed by atoms with Crippen molar-refractivity contribution in [1.29, 1.82) is 0 Å². The number of aromatic nitrogens is 4. The Morgan fingerprint density at radius 2 is 2.14 bits per heavy atom. The number of thioether (sulfide) groups is 1. The van der Waals surface area contributed by atoms with Crippen LogP contribution in [-0.2, 0) is 17.9 Å². The highest BCUT2D eigenvalue weighted by atomic mass is 35.5. The van der Waals surface area contributed by atoms with Crippen LogP contribution in [0.3, 0.4) is 0 Å². The minimum Gasteiger partial charge on any atom is -0.353 e. The van der Waals surface area contributed by atoms with Crippen LogP contribution in [0.1, 0.15) is 13.3 Å². The first kappa shape index (κ1) is 15.1. The number of aryl methyl sites for hydroxylation is 2. The monoisotopic (exact) mass is 334 g/mol. The van der Waals surface area contributed by atoms with Gasteiger partial charge in [0.15, 0.2) is 5.12 Å². The van der Waals surface area contributed by atoms with Crippen molar-refractivity contribution in [2.45, 2.75) is 31.3 Å². The van der Waals surface area contributed by atoms with Gasteiger partial charge >= 0.3 is 0 Å². The molecule has 0 fully saturated rings. The third kappa shape index (κ3) is 3.34. The molecule has 0 aromatic carbocycles. The zero-order valence-corrected chi connectivity index (χ0v) is 13.6. The topological polar surface area (TPSA) is 52.7 Å². The van der Waals surface area contributed by atoms with E-state index in [0.717, 1.165) is 35.4 Å². The molecule has 0 saturated heterocycles. The predicted octanol–water partition coefficient (Wildman–Crippen LogP) is 3.62. The van der Waals surface area contributed by atoms with Gasteiger partial charge in [-0.05, 0) is 18.6 Å². The van der Waals surface area contributed by atoms with Gasteiger partial charge in [-0.2, -0.15) is 0 Å². The Kier molecular flexibility index (Phi) is 4.49. The number of carbonyl (C=O) groups excluding carboxylic acids is 1. The summed E-state index contributed by atoms with van der Waals surface area (Å²) in [5.74, 6) is 0. The van der Waals surface area contributed by atoms with E-state index in [4.69, 9.17) is 11.6 Å². The standard InChI is InChI=1S/C15H15ClN4OS/c1-11(21)22-12-3-7-19(9-12)5-2-6-20-8-4-13-14(16)17-10-18-15(13)20/h3-4,7-10H,2,5-6H2,1H3. The van der Waals surface area contributed by atoms with Crippen molar-refractivity contribution in [2.24, 2.45) is 0 Å². The second-order valence-electron chi connectivity index (χ2n) is 4.94. The molecule has 0 N–H and O–H groups in total. The van der Waals surface area contributed by atoms with Crippen molar-refractivity contribution in [2.75, 3.05) is 0 Å². The molecule has 0 spiro atoms. The number of fused-ring (bicyclic) bond motifs is 1. The summed E-state index contributed by atoms with van der Waals surface area (Å²) >= 11 is 7.30. The molecular formula is C15H15ClN4OS. The third-order valence-corrected chi connectivity index (χ3v) is 4.37. The van der Waals surface area contributed by atoms with Crippen LogP contribution in [0.15, 0.2) is 41.9 Å². The van der Waals surface area contributed by atoms with E-state index in [1.54, 1.807) is 6.92 Å². The highest BCUT2D eigenvalue weighted by Crippen LogP contribution is 2.21. The van der Waals surface area contributed by atoms with E-state index in [1.807, 2.05) is 30.7 Å². The number of halogens is 1. The lowest BCUT2D eigenvalue weighted by Gasteiger charge is -2.06. The maximum Gasteiger partial charge on any atom is 0.190 e. The average Bonchev–Trinajstić information content (AvgIpc) is 3.07. The van der Waals surface area contributed by atoms with Gasteiger partial charge in [0.05, 0.1) is 5.39 Å². The average molecular weight is 335 g/mol. The zero-order chi connectivity index (χ0) is 15.5. The molecule has 0 radical (unpaired) electrons. The molecule has 0 saturated carbocycles. The molecule has 0 unspecified atom stereocenters. The van der Waals surface area contributed by atoms with Crippen LogP contribution >= 0.6 is 23.4 Å². The normalized spacial score (nSPS) is 11.2. The molecule has 0 bridgehead atoms. The zero-order valence-electron chi connectivity index (χ0n) is 12.1. The van der Waals surface area contributed by atoms with Gasteiger partial charge in [0.2, 0.25) is 0 Å². The smallest absolute Gasteiger partial charge is 0.190 e. The van der Waals surface area contributed by atoms with Gasteiger partial charge in [-0.15, -0.1) is 0 Å². The van der Waals surface area contributed by atoms with Crippen LogP contribution in [-0.4, -0.2) is 24.2 Å². The van der Waals surface area contributed by atoms with Crippen LogP contribution in [0.5, 0.6) is 0 Å². The van der Waals surface area contributed by atoms with E-state index in [0.29, 0.717) is 5.15 Å². The molecule has 3 heterocycles. The minimum absolute atomic E-state index is 0.105. The highest BCUT2D eigenvalue weighted by molar-refractivity contribution is 8.13. The van der Waals surface area contributed by atoms with Crippen molar-refractivity contribution in [3.05, 3.63) is 42.2 Å². The van der Waals surface area contributed by atoms with Crippen LogP contribution in [0.25, 0.3) is 11.0 Å². The molecule has 22 heavy (non-hydrogen) atoms. The predicted molar refractivity (Wildman–Crippen MR) is 88.1 cm³/mol. The van der Waals surface area contributed by atoms with Gasteiger partial charge in [0.25, 0.3) is 0 Å². The number of nitrogens with zero attached hydrogens (tertiary/aromatic N) is 4. The Labute approximate surface area is 137 Å². The van der Waals surface area contributed by atoms with Gasteiger partial charge in [-0.1, -0.05) is 23.4 Å². The SMILES string of the molecule is CC(=O)Sc1ccn(CCCn2ccc3c(Cl)ncnc32)c1. The molecule has 0 amide bonds. The van der Waals surface area contributed by atoms with Gasteiger partial charge in [0.1, 0.15) is 17.1 Å². The van der Waals surface area contributed by atoms with Gasteiger partial charge in [0, 0.05) is 43.5 Å². The molecule has 0 aliphatic rings. The van der Waals surface area contributed by atoms with Gasteiger partial charge in [-0.25, -0.2) is 9.97 Å². The summed E-state index contributed by atoms with van der Waals surface area (Å²) in [7, 11) is 0. The van der Waals surface area contributed by atoms with E-state index >= 15 is 0 Å². The Morgan fingerprint density at radius 3 is 2.95 bits per heavy atom. The second kappa shape index (κ2) is 6.54. The van der Waals surface area contributed by atoms with E-state index < -0.39 is 0 Å². The lowest BCUT2D eigenvalue weighted by Crippen LogP contribution is -2.02. The Hall–Kier alpha value is -1.79. The van der Waals surface area contributed by atoms with Crippen molar-refractivity contribution in [3.63, 3.8) is 0 Å². The van der Waals surface area contributed by atoms with Crippen molar-refractivity contribution in [3.8, 4) is 0 Å². The van der Waals surface area contributed by atoms with E-state index in [-0.39, 0.29) is 5.12 Å². The molecular weight excluding hydrogens is 320 g/mol. The summed E-state index contributed by atoms with van der Waals surface area (Å²) in [6.45, 7) is 3.31. The first-order valence-electron chi connectivity index (χ1n) is 6.93. The number of carbonyl (C=O) groups is 1. The summed E-state index contributed by atoms with van der Waals surface area (Å²) in [4.78, 5) is 20.3. The summed E-state index contributed by atoms with van der Waals surface area (Å²) in [5, 5.41) is 1.47. The van der Waals surface area contributed by atoms with Gasteiger partial charge in [-0.3, -0.25) is 4.79 Å². The van der Waals surface area contributed by atoms with Crippen LogP contribution in [0, 0.1) is 0 Å². The summed E-state index contributed by atoms with van der Waals surface area (Å²) < 4.78 is 4.18. The van der Waals surface area contributed by atoms with Crippen molar-refractivity contribution in [1.82, 2.24) is 19.1 Å². The molecule has 3 aromatic heterocycles. The minimum atomic E-state index is 0.105. The number of hydrogen-bond donors (Lipinski definition) is 0. The summed E-state index contributed by atoms with van der Waals surface area (Å²) in [6, 6.07) is 3.90. The molecule has 3 aromatic rings. The second-order valence-corrected chi connectivity index (χ2v) is 6.55. The Morgan fingerprint density at radius 1 is 1.27 bits per heavy atom. The van der Waals surface area contributed by atoms with Crippen molar-refractivity contribution >= 4 is 39.5 Å². The summed E-state index contributed by atoms with van der Waals surface area (Å²) in [5.41, 5.74) is 0.861. The van der Waals surface area contributed by atoms with E-state index in [1.165, 1.54) is 18.1 Å². The van der Waals surface area contributed by atoms with Crippen molar-refractivity contribution < 1.29 is 4.79 Å². The third-order valence-electron chi connectivity index (χ3n) is 3.31. The molecule has 5 nitrogen and oxygen atoms in total. The molecule has 0 aliphatic heterocycles. The lowest BCUT2D eigenvalue weighted by atomic mass is 10.4. The molecule has 3 rings (SSSR count). The Bertz CT molecular complexity index is 811. The molecule has 7 heteroatoms. The quantitative estimate of drug-likeness (QED) is 0.528. The number of rotatable bonds is 5. The van der Waals surface area contributed by atoms with E-state index in [2.05, 4.69) is 19.1 Å². The summed E-state index contributed by atoms with van der Waals surface area (Å²) in [6.07, 6.45) is 8.43. The fourth-order valence-electron chi connectivity index (χ4n) is 2.36. The van der Waals surface area contributed by atoms with E-state index in [9.17, 15) is 4.79 Å². The van der Waals surface area contributed by atoms with Gasteiger partial charge < -0.3 is 9.13 Å². The largest absolute Gasteiger partial charge is 0.353 e. The molecule has 0 aliphatic carbocycles. The lowest BCUT2D eigenvalue weighted by molar-refractivity contribution is -0.109. The first-order chi connectivity index (χ1) is 10.6. The maximum atomic E-state index is 11.1. The fraction of sp³-hybridized carbons (Fsp3) is 0.267. The molecule has 114 valence electrons. The van der Waals surface area contributed by atoms with Crippen LogP contribution in [0.4, 0.5) is 0 Å². The fourth-order valence-corrected chi connectivity index (χ4v) is 3.20. The molecule has 0 atom stereocenters. The van der Waals surface area contributed by atoms with Crippen LogP contribution < -0.4 is 0 Å². The highest BCUT2D eigenvalue weighted by Gasteiger charge is 2.06. The first-order valence-corrected chi connectivity index (χ1v) is 8.12. The maximum absolute atomic E-state index is 11.1.